The fraction of sp³-hybridized carbons (Fsp3) is 0.571. The van der Waals surface area contributed by atoms with E-state index in [1.54, 1.807) is 0 Å². The first-order chi connectivity index (χ1) is 8.00. The number of nitrogens with two attached hydrogens (primary N) is 1. The number of rotatable bonds is 6. The summed E-state index contributed by atoms with van der Waals surface area (Å²) in [4.78, 5) is 0. The number of benzene rings is 1. The molecule has 0 radical (unpaired) electrons. The van der Waals surface area contributed by atoms with Crippen LogP contribution in [0.25, 0.3) is 0 Å². The molecule has 2 nitrogen and oxygen atoms in total. The van der Waals surface area contributed by atoms with Crippen molar-refractivity contribution in [3.63, 3.8) is 0 Å². The van der Waals surface area contributed by atoms with Gasteiger partial charge in [0.05, 0.1) is 6.61 Å². The molecule has 96 valence electrons. The Hall–Kier alpha value is -0.540. The van der Waals surface area contributed by atoms with E-state index in [4.69, 9.17) is 10.5 Å². The van der Waals surface area contributed by atoms with E-state index in [2.05, 4.69) is 29.8 Å². The SMILES string of the molecule is CC(C)CCCOc1cc(Br)ccc1C(C)N. The Morgan fingerprint density at radius 2 is 2.00 bits per heavy atom. The lowest BCUT2D eigenvalue weighted by molar-refractivity contribution is 0.293. The molecule has 2 N–H and O–H groups in total. The van der Waals surface area contributed by atoms with Crippen molar-refractivity contribution in [3.05, 3.63) is 28.2 Å². The second-order valence-corrected chi connectivity index (χ2v) is 5.77. The van der Waals surface area contributed by atoms with Crippen LogP contribution in [0, 0.1) is 5.92 Å². The van der Waals surface area contributed by atoms with E-state index >= 15 is 0 Å². The minimum absolute atomic E-state index is 0.00296. The minimum atomic E-state index is 0.00296. The van der Waals surface area contributed by atoms with Crippen molar-refractivity contribution in [2.75, 3.05) is 6.61 Å². The smallest absolute Gasteiger partial charge is 0.125 e. The van der Waals surface area contributed by atoms with Gasteiger partial charge in [-0.15, -0.1) is 0 Å². The Morgan fingerprint density at radius 1 is 1.29 bits per heavy atom. The quantitative estimate of drug-likeness (QED) is 0.796. The zero-order valence-electron chi connectivity index (χ0n) is 10.9. The number of hydrogen-bond acceptors (Lipinski definition) is 2. The van der Waals surface area contributed by atoms with E-state index in [0.29, 0.717) is 0 Å². The van der Waals surface area contributed by atoms with Gasteiger partial charge in [-0.1, -0.05) is 35.8 Å². The fourth-order valence-corrected chi connectivity index (χ4v) is 2.02. The molecule has 3 heteroatoms. The van der Waals surface area contributed by atoms with Crippen LogP contribution in [0.3, 0.4) is 0 Å². The van der Waals surface area contributed by atoms with Crippen molar-refractivity contribution in [2.45, 2.75) is 39.7 Å². The summed E-state index contributed by atoms with van der Waals surface area (Å²) < 4.78 is 6.85. The molecule has 0 saturated heterocycles. The Bertz CT molecular complexity index is 350. The molecule has 1 atom stereocenters. The third-order valence-corrected chi connectivity index (χ3v) is 3.14. The van der Waals surface area contributed by atoms with Gasteiger partial charge in [-0.3, -0.25) is 0 Å². The van der Waals surface area contributed by atoms with Gasteiger partial charge in [-0.2, -0.15) is 0 Å². The number of ether oxygens (including phenoxy) is 1. The lowest BCUT2D eigenvalue weighted by atomic mass is 10.1. The highest BCUT2D eigenvalue weighted by Gasteiger charge is 2.08. The van der Waals surface area contributed by atoms with Crippen LogP contribution < -0.4 is 10.5 Å². The highest BCUT2D eigenvalue weighted by atomic mass is 79.9. The van der Waals surface area contributed by atoms with Crippen molar-refractivity contribution in [1.82, 2.24) is 0 Å². The Labute approximate surface area is 113 Å². The Morgan fingerprint density at radius 3 is 2.59 bits per heavy atom. The second kappa shape index (κ2) is 7.02. The normalized spacial score (nSPS) is 12.8. The molecular formula is C14H22BrNO. The van der Waals surface area contributed by atoms with Gasteiger partial charge in [0.1, 0.15) is 5.75 Å². The fourth-order valence-electron chi connectivity index (χ4n) is 1.68. The molecule has 0 aliphatic heterocycles. The Balaban J connectivity index is 2.59. The zero-order chi connectivity index (χ0) is 12.8. The number of hydrogen-bond donors (Lipinski definition) is 1. The molecule has 1 aromatic rings. The van der Waals surface area contributed by atoms with E-state index in [1.165, 1.54) is 6.42 Å². The van der Waals surface area contributed by atoms with E-state index in [1.807, 2.05) is 25.1 Å². The van der Waals surface area contributed by atoms with Crippen LogP contribution in [-0.4, -0.2) is 6.61 Å². The zero-order valence-corrected chi connectivity index (χ0v) is 12.5. The summed E-state index contributed by atoms with van der Waals surface area (Å²) >= 11 is 3.46. The van der Waals surface area contributed by atoms with Crippen molar-refractivity contribution in [3.8, 4) is 5.75 Å². The average molecular weight is 300 g/mol. The van der Waals surface area contributed by atoms with Crippen LogP contribution in [0.1, 0.15) is 45.2 Å². The maximum absolute atomic E-state index is 5.92. The first kappa shape index (κ1) is 14.5. The van der Waals surface area contributed by atoms with Crippen LogP contribution >= 0.6 is 15.9 Å². The lowest BCUT2D eigenvalue weighted by Crippen LogP contribution is -2.09. The molecule has 1 rings (SSSR count). The summed E-state index contributed by atoms with van der Waals surface area (Å²) in [5.41, 5.74) is 6.99. The molecule has 0 amide bonds. The summed E-state index contributed by atoms with van der Waals surface area (Å²) in [6.07, 6.45) is 2.28. The molecule has 1 unspecified atom stereocenters. The first-order valence-electron chi connectivity index (χ1n) is 6.18. The maximum atomic E-state index is 5.92. The van der Waals surface area contributed by atoms with Gasteiger partial charge < -0.3 is 10.5 Å². The molecule has 1 aromatic carbocycles. The predicted octanol–water partition coefficient (Wildman–Crippen LogP) is 4.28. The topological polar surface area (TPSA) is 35.2 Å². The summed E-state index contributed by atoms with van der Waals surface area (Å²) in [6, 6.07) is 6.02. The van der Waals surface area contributed by atoms with Crippen molar-refractivity contribution < 1.29 is 4.74 Å². The van der Waals surface area contributed by atoms with E-state index in [-0.39, 0.29) is 6.04 Å². The summed E-state index contributed by atoms with van der Waals surface area (Å²) in [5.74, 6) is 1.63. The predicted molar refractivity (Wildman–Crippen MR) is 76.3 cm³/mol. The molecule has 0 saturated carbocycles. The molecule has 0 aliphatic rings. The molecule has 0 aliphatic carbocycles. The highest BCUT2D eigenvalue weighted by molar-refractivity contribution is 9.10. The minimum Gasteiger partial charge on any atom is -0.493 e. The average Bonchev–Trinajstić information content (AvgIpc) is 2.23. The van der Waals surface area contributed by atoms with E-state index in [9.17, 15) is 0 Å². The van der Waals surface area contributed by atoms with Gasteiger partial charge in [0.2, 0.25) is 0 Å². The van der Waals surface area contributed by atoms with Crippen LogP contribution in [0.15, 0.2) is 22.7 Å². The van der Waals surface area contributed by atoms with Gasteiger partial charge in [-0.05, 0) is 37.8 Å². The third kappa shape index (κ3) is 5.09. The molecule has 0 fully saturated rings. The molecule has 0 heterocycles. The van der Waals surface area contributed by atoms with Crippen molar-refractivity contribution >= 4 is 15.9 Å². The van der Waals surface area contributed by atoms with Gasteiger partial charge in [0.15, 0.2) is 0 Å². The van der Waals surface area contributed by atoms with Crippen molar-refractivity contribution in [2.24, 2.45) is 11.7 Å². The monoisotopic (exact) mass is 299 g/mol. The first-order valence-corrected chi connectivity index (χ1v) is 6.98. The van der Waals surface area contributed by atoms with Crippen LogP contribution in [0.5, 0.6) is 5.75 Å². The van der Waals surface area contributed by atoms with Crippen molar-refractivity contribution in [1.29, 1.82) is 0 Å². The largest absolute Gasteiger partial charge is 0.493 e. The van der Waals surface area contributed by atoms with Crippen LogP contribution in [0.2, 0.25) is 0 Å². The highest BCUT2D eigenvalue weighted by Crippen LogP contribution is 2.27. The van der Waals surface area contributed by atoms with Gasteiger partial charge in [-0.25, -0.2) is 0 Å². The number of halogens is 1. The van der Waals surface area contributed by atoms with Gasteiger partial charge in [0, 0.05) is 16.1 Å². The molecule has 17 heavy (non-hydrogen) atoms. The molecule has 0 aromatic heterocycles. The summed E-state index contributed by atoms with van der Waals surface area (Å²) in [5, 5.41) is 0. The van der Waals surface area contributed by atoms with Crippen LogP contribution in [-0.2, 0) is 0 Å². The Kier molecular flexibility index (Phi) is 6.00. The standard InChI is InChI=1S/C14H22BrNO/c1-10(2)5-4-8-17-14-9-12(15)6-7-13(14)11(3)16/h6-7,9-11H,4-5,8,16H2,1-3H3. The summed E-state index contributed by atoms with van der Waals surface area (Å²) in [7, 11) is 0. The van der Waals surface area contributed by atoms with E-state index < -0.39 is 0 Å². The lowest BCUT2D eigenvalue weighted by Gasteiger charge is -2.14. The molecule has 0 spiro atoms. The summed E-state index contributed by atoms with van der Waals surface area (Å²) in [6.45, 7) is 7.19. The second-order valence-electron chi connectivity index (χ2n) is 4.86. The molecular weight excluding hydrogens is 278 g/mol. The maximum Gasteiger partial charge on any atom is 0.125 e. The third-order valence-electron chi connectivity index (χ3n) is 2.65. The van der Waals surface area contributed by atoms with Gasteiger partial charge >= 0.3 is 0 Å². The molecule has 0 bridgehead atoms. The van der Waals surface area contributed by atoms with E-state index in [0.717, 1.165) is 34.7 Å². The van der Waals surface area contributed by atoms with Gasteiger partial charge in [0.25, 0.3) is 0 Å². The van der Waals surface area contributed by atoms with Crippen LogP contribution in [0.4, 0.5) is 0 Å².